The Balaban J connectivity index is 2.00. The van der Waals surface area contributed by atoms with Gasteiger partial charge in [0, 0.05) is 13.0 Å². The van der Waals surface area contributed by atoms with Gasteiger partial charge in [0.15, 0.2) is 5.78 Å². The molecule has 1 aliphatic carbocycles. The molecule has 110 valence electrons. The highest BCUT2D eigenvalue weighted by molar-refractivity contribution is 5.85. The van der Waals surface area contributed by atoms with Crippen molar-refractivity contribution >= 4 is 5.78 Å². The second-order valence-electron chi connectivity index (χ2n) is 5.54. The molecule has 0 N–H and O–H groups in total. The van der Waals surface area contributed by atoms with Gasteiger partial charge in [-0.1, -0.05) is 31.4 Å². The van der Waals surface area contributed by atoms with Crippen molar-refractivity contribution in [2.75, 3.05) is 6.61 Å². The molecule has 1 aromatic rings. The highest BCUT2D eigenvalue weighted by atomic mass is 19.1. The van der Waals surface area contributed by atoms with Crippen LogP contribution in [-0.2, 0) is 16.0 Å². The molecule has 0 amide bonds. The van der Waals surface area contributed by atoms with Crippen LogP contribution in [0.1, 0.15) is 44.6 Å². The number of carbonyl (C=O) groups is 1. The Morgan fingerprint density at radius 3 is 2.50 bits per heavy atom. The van der Waals surface area contributed by atoms with Crippen molar-refractivity contribution in [1.82, 2.24) is 0 Å². The van der Waals surface area contributed by atoms with E-state index in [-0.39, 0.29) is 17.7 Å². The van der Waals surface area contributed by atoms with Crippen molar-refractivity contribution in [2.24, 2.45) is 5.92 Å². The maximum Gasteiger partial charge on any atom is 0.166 e. The summed E-state index contributed by atoms with van der Waals surface area (Å²) in [6.07, 6.45) is 5.86. The first-order valence-corrected chi connectivity index (χ1v) is 7.59. The van der Waals surface area contributed by atoms with Gasteiger partial charge in [-0.05, 0) is 43.4 Å². The molecule has 1 unspecified atom stereocenters. The molecule has 1 fully saturated rings. The van der Waals surface area contributed by atoms with Crippen LogP contribution in [0.5, 0.6) is 0 Å². The van der Waals surface area contributed by atoms with E-state index in [1.165, 1.54) is 31.4 Å². The summed E-state index contributed by atoms with van der Waals surface area (Å²) in [7, 11) is 0. The third-order valence-electron chi connectivity index (χ3n) is 4.03. The summed E-state index contributed by atoms with van der Waals surface area (Å²) in [6, 6.07) is 6.16. The summed E-state index contributed by atoms with van der Waals surface area (Å²) in [6.45, 7) is 2.50. The maximum atomic E-state index is 12.9. The summed E-state index contributed by atoms with van der Waals surface area (Å²) in [5, 5.41) is 0. The molecule has 0 bridgehead atoms. The topological polar surface area (TPSA) is 26.3 Å². The minimum Gasteiger partial charge on any atom is -0.370 e. The number of Topliss-reactive ketones (excluding diaryl/α,β-unsaturated/α-hetero) is 1. The number of carbonyl (C=O) groups excluding carboxylic acids is 1. The molecular weight excluding hydrogens is 255 g/mol. The zero-order valence-corrected chi connectivity index (χ0v) is 12.1. The monoisotopic (exact) mass is 278 g/mol. The molecule has 0 radical (unpaired) electrons. The fourth-order valence-electron chi connectivity index (χ4n) is 3.01. The van der Waals surface area contributed by atoms with Crippen LogP contribution in [0.3, 0.4) is 0 Å². The van der Waals surface area contributed by atoms with E-state index in [0.717, 1.165) is 18.4 Å². The van der Waals surface area contributed by atoms with Gasteiger partial charge in [0.05, 0.1) is 0 Å². The quantitative estimate of drug-likeness (QED) is 0.788. The van der Waals surface area contributed by atoms with Crippen LogP contribution >= 0.6 is 0 Å². The number of ketones is 1. The Bertz CT molecular complexity index is 421. The van der Waals surface area contributed by atoms with Crippen LogP contribution < -0.4 is 0 Å². The predicted octanol–water partition coefficient (Wildman–Crippen LogP) is 3.92. The zero-order valence-electron chi connectivity index (χ0n) is 12.1. The Morgan fingerprint density at radius 1 is 1.25 bits per heavy atom. The van der Waals surface area contributed by atoms with E-state index in [1.54, 1.807) is 12.1 Å². The summed E-state index contributed by atoms with van der Waals surface area (Å²) in [5.74, 6) is 0.219. The van der Waals surface area contributed by atoms with E-state index >= 15 is 0 Å². The van der Waals surface area contributed by atoms with E-state index in [9.17, 15) is 9.18 Å². The number of hydrogen-bond acceptors (Lipinski definition) is 2. The maximum absolute atomic E-state index is 12.9. The molecule has 20 heavy (non-hydrogen) atoms. The lowest BCUT2D eigenvalue weighted by Crippen LogP contribution is -2.35. The van der Waals surface area contributed by atoms with E-state index in [2.05, 4.69) is 0 Å². The molecular formula is C17H23FO2. The van der Waals surface area contributed by atoms with Gasteiger partial charge < -0.3 is 4.74 Å². The molecule has 1 saturated carbocycles. The van der Waals surface area contributed by atoms with Gasteiger partial charge in [-0.25, -0.2) is 4.39 Å². The normalized spacial score (nSPS) is 17.9. The number of rotatable bonds is 6. The smallest absolute Gasteiger partial charge is 0.166 e. The molecule has 0 aromatic heterocycles. The Labute approximate surface area is 120 Å². The first-order valence-electron chi connectivity index (χ1n) is 7.59. The Hall–Kier alpha value is -1.22. The fraction of sp³-hybridized carbons (Fsp3) is 0.588. The van der Waals surface area contributed by atoms with Crippen molar-refractivity contribution in [3.05, 3.63) is 35.6 Å². The van der Waals surface area contributed by atoms with Crippen molar-refractivity contribution in [1.29, 1.82) is 0 Å². The lowest BCUT2D eigenvalue weighted by molar-refractivity contribution is -0.134. The lowest BCUT2D eigenvalue weighted by Gasteiger charge is -2.29. The van der Waals surface area contributed by atoms with Gasteiger partial charge in [-0.3, -0.25) is 4.79 Å². The molecule has 0 heterocycles. The largest absolute Gasteiger partial charge is 0.370 e. The third-order valence-corrected chi connectivity index (χ3v) is 4.03. The number of hydrogen-bond donors (Lipinski definition) is 0. The number of halogens is 1. The Morgan fingerprint density at radius 2 is 1.90 bits per heavy atom. The molecule has 1 aromatic carbocycles. The SMILES string of the molecule is CCOC(C(=O)Cc1ccc(F)cc1)C1CCCCC1. The van der Waals surface area contributed by atoms with E-state index < -0.39 is 0 Å². The molecule has 0 saturated heterocycles. The minimum absolute atomic E-state index is 0.130. The van der Waals surface area contributed by atoms with Gasteiger partial charge >= 0.3 is 0 Å². The highest BCUT2D eigenvalue weighted by Gasteiger charge is 2.29. The lowest BCUT2D eigenvalue weighted by atomic mass is 9.82. The molecule has 1 aliphatic rings. The van der Waals surface area contributed by atoms with Crippen LogP contribution in [-0.4, -0.2) is 18.5 Å². The van der Waals surface area contributed by atoms with E-state index in [1.807, 2.05) is 6.92 Å². The van der Waals surface area contributed by atoms with E-state index in [0.29, 0.717) is 18.9 Å². The highest BCUT2D eigenvalue weighted by Crippen LogP contribution is 2.29. The van der Waals surface area contributed by atoms with Gasteiger partial charge in [0.1, 0.15) is 11.9 Å². The van der Waals surface area contributed by atoms with Crippen molar-refractivity contribution in [3.8, 4) is 0 Å². The summed E-state index contributed by atoms with van der Waals surface area (Å²) >= 11 is 0. The standard InChI is InChI=1S/C17H23FO2/c1-2-20-17(14-6-4-3-5-7-14)16(19)12-13-8-10-15(18)11-9-13/h8-11,14,17H,2-7,12H2,1H3. The summed E-state index contributed by atoms with van der Waals surface area (Å²) in [5.41, 5.74) is 0.858. The van der Waals surface area contributed by atoms with Crippen LogP contribution in [0.2, 0.25) is 0 Å². The molecule has 2 rings (SSSR count). The van der Waals surface area contributed by atoms with Crippen LogP contribution in [0.4, 0.5) is 4.39 Å². The predicted molar refractivity (Wildman–Crippen MR) is 77.1 cm³/mol. The minimum atomic E-state index is -0.287. The van der Waals surface area contributed by atoms with Crippen molar-refractivity contribution in [3.63, 3.8) is 0 Å². The first-order chi connectivity index (χ1) is 9.70. The molecule has 2 nitrogen and oxygen atoms in total. The van der Waals surface area contributed by atoms with Gasteiger partial charge in [0.25, 0.3) is 0 Å². The average molecular weight is 278 g/mol. The molecule has 0 aliphatic heterocycles. The Kier molecular flexibility index (Phi) is 5.72. The van der Waals surface area contributed by atoms with Crippen LogP contribution in [0.25, 0.3) is 0 Å². The second-order valence-corrected chi connectivity index (χ2v) is 5.54. The van der Waals surface area contributed by atoms with Gasteiger partial charge in [0.2, 0.25) is 0 Å². The number of ether oxygens (including phenoxy) is 1. The molecule has 3 heteroatoms. The summed E-state index contributed by atoms with van der Waals surface area (Å²) < 4.78 is 18.6. The van der Waals surface area contributed by atoms with Crippen molar-refractivity contribution in [2.45, 2.75) is 51.6 Å². The number of benzene rings is 1. The zero-order chi connectivity index (χ0) is 14.4. The van der Waals surface area contributed by atoms with Crippen molar-refractivity contribution < 1.29 is 13.9 Å². The third kappa shape index (κ3) is 4.14. The van der Waals surface area contributed by atoms with Gasteiger partial charge in [-0.2, -0.15) is 0 Å². The summed E-state index contributed by atoms with van der Waals surface area (Å²) in [4.78, 5) is 12.5. The second kappa shape index (κ2) is 7.53. The molecule has 1 atom stereocenters. The molecule has 0 spiro atoms. The van der Waals surface area contributed by atoms with Gasteiger partial charge in [-0.15, -0.1) is 0 Å². The fourth-order valence-corrected chi connectivity index (χ4v) is 3.01. The van der Waals surface area contributed by atoms with Crippen LogP contribution in [0, 0.1) is 11.7 Å². The first kappa shape index (κ1) is 15.2. The van der Waals surface area contributed by atoms with Crippen LogP contribution in [0.15, 0.2) is 24.3 Å². The van der Waals surface area contributed by atoms with E-state index in [4.69, 9.17) is 4.74 Å². The average Bonchev–Trinajstić information content (AvgIpc) is 2.48.